The van der Waals surface area contributed by atoms with Crippen molar-refractivity contribution in [2.75, 3.05) is 17.1 Å². The lowest BCUT2D eigenvalue weighted by Gasteiger charge is -2.26. The van der Waals surface area contributed by atoms with E-state index in [0.717, 1.165) is 11.8 Å². The lowest BCUT2D eigenvalue weighted by molar-refractivity contribution is 0.218. The number of fused-ring (bicyclic) bond motifs is 1. The van der Waals surface area contributed by atoms with Crippen molar-refractivity contribution in [1.82, 2.24) is 4.90 Å². The number of carbonyl (C=O) groups excluding carboxylic acids is 1. The molecule has 3 rings (SSSR count). The van der Waals surface area contributed by atoms with Gasteiger partial charge in [-0.1, -0.05) is 0 Å². The second-order valence-corrected chi connectivity index (χ2v) is 6.41. The third kappa shape index (κ3) is 2.57. The monoisotopic (exact) mass is 307 g/mol. The summed E-state index contributed by atoms with van der Waals surface area (Å²) in [4.78, 5) is 13.1. The van der Waals surface area contributed by atoms with Gasteiger partial charge in [0.05, 0.1) is 6.26 Å². The largest absolute Gasteiger partial charge is 0.471 e. The number of amides is 2. The predicted molar refractivity (Wildman–Crippen MR) is 76.4 cm³/mol. The summed E-state index contributed by atoms with van der Waals surface area (Å²) in [6.07, 6.45) is 2.46. The molecule has 2 N–H and O–H groups in total. The van der Waals surface area contributed by atoms with Crippen molar-refractivity contribution in [3.8, 4) is 0 Å². The molecule has 2 heterocycles. The van der Waals surface area contributed by atoms with Crippen molar-refractivity contribution >= 4 is 27.4 Å². The highest BCUT2D eigenvalue weighted by Crippen LogP contribution is 2.27. The van der Waals surface area contributed by atoms with Crippen molar-refractivity contribution in [1.29, 1.82) is 0 Å². The Labute approximate surface area is 121 Å². The molecule has 1 aromatic heterocycles. The van der Waals surface area contributed by atoms with Crippen LogP contribution in [-0.2, 0) is 16.6 Å². The van der Waals surface area contributed by atoms with Crippen molar-refractivity contribution in [3.05, 3.63) is 42.4 Å². The maximum atomic E-state index is 12.1. The highest BCUT2D eigenvalue weighted by molar-refractivity contribution is 7.92. The number of hydrogen-bond acceptors (Lipinski definition) is 4. The number of sulfonamides is 1. The molecule has 2 amide bonds. The molecule has 1 aliphatic rings. The number of rotatable bonds is 3. The molecule has 0 spiro atoms. The van der Waals surface area contributed by atoms with Gasteiger partial charge in [0.15, 0.2) is 0 Å². The zero-order valence-electron chi connectivity index (χ0n) is 11.2. The van der Waals surface area contributed by atoms with E-state index in [1.807, 2.05) is 0 Å². The molecule has 8 heteroatoms. The Morgan fingerprint density at radius 1 is 1.33 bits per heavy atom. The summed E-state index contributed by atoms with van der Waals surface area (Å²) < 4.78 is 31.5. The standard InChI is InChI=1S/C13H13N3O4S/c1-16-7-9-6-10(2-3-12(9)14-13(16)17)15-21(18,19)11-4-5-20-8-11/h2-6,8,15H,7H2,1H3,(H,14,17). The molecule has 2 aromatic rings. The van der Waals surface area contributed by atoms with Gasteiger partial charge in [0.25, 0.3) is 10.0 Å². The number of anilines is 2. The highest BCUT2D eigenvalue weighted by atomic mass is 32.2. The molecule has 7 nitrogen and oxygen atoms in total. The van der Waals surface area contributed by atoms with E-state index in [1.54, 1.807) is 25.2 Å². The molecule has 0 atom stereocenters. The van der Waals surface area contributed by atoms with E-state index in [0.29, 0.717) is 17.9 Å². The van der Waals surface area contributed by atoms with Gasteiger partial charge < -0.3 is 14.6 Å². The van der Waals surface area contributed by atoms with Crippen LogP contribution in [0, 0.1) is 0 Å². The number of benzene rings is 1. The summed E-state index contributed by atoms with van der Waals surface area (Å²) >= 11 is 0. The number of urea groups is 1. The van der Waals surface area contributed by atoms with Crippen molar-refractivity contribution < 1.29 is 17.6 Å². The van der Waals surface area contributed by atoms with Gasteiger partial charge in [-0.2, -0.15) is 0 Å². The minimum Gasteiger partial charge on any atom is -0.471 e. The van der Waals surface area contributed by atoms with Crippen LogP contribution in [-0.4, -0.2) is 26.4 Å². The molecule has 0 radical (unpaired) electrons. The van der Waals surface area contributed by atoms with E-state index in [1.165, 1.54) is 17.2 Å². The summed E-state index contributed by atoms with van der Waals surface area (Å²) in [5.74, 6) is 0. The van der Waals surface area contributed by atoms with E-state index in [4.69, 9.17) is 4.42 Å². The van der Waals surface area contributed by atoms with Crippen LogP contribution in [0.5, 0.6) is 0 Å². The average Bonchev–Trinajstić information content (AvgIpc) is 2.95. The summed E-state index contributed by atoms with van der Waals surface area (Å²) in [6, 6.07) is 6.15. The molecule has 0 aliphatic carbocycles. The Bertz CT molecular complexity index is 784. The van der Waals surface area contributed by atoms with Gasteiger partial charge in [0.2, 0.25) is 0 Å². The molecular formula is C13H13N3O4S. The fourth-order valence-electron chi connectivity index (χ4n) is 2.07. The molecule has 1 aromatic carbocycles. The third-order valence-electron chi connectivity index (χ3n) is 3.16. The molecule has 0 saturated heterocycles. The normalized spacial score (nSPS) is 14.5. The minimum atomic E-state index is -3.67. The molecular weight excluding hydrogens is 294 g/mol. The summed E-state index contributed by atoms with van der Waals surface area (Å²) in [5.41, 5.74) is 1.95. The molecule has 1 aliphatic heterocycles. The molecule has 0 unspecified atom stereocenters. The Morgan fingerprint density at radius 2 is 2.14 bits per heavy atom. The Kier molecular flexibility index (Phi) is 3.09. The molecule has 21 heavy (non-hydrogen) atoms. The number of furan rings is 1. The minimum absolute atomic E-state index is 0.0608. The number of nitrogens with zero attached hydrogens (tertiary/aromatic N) is 1. The first-order chi connectivity index (χ1) is 9.95. The predicted octanol–water partition coefficient (Wildman–Crippen LogP) is 2.06. The number of carbonyl (C=O) groups is 1. The second-order valence-electron chi connectivity index (χ2n) is 4.72. The van der Waals surface area contributed by atoms with Crippen LogP contribution in [0.1, 0.15) is 5.56 Å². The maximum absolute atomic E-state index is 12.1. The SMILES string of the molecule is CN1Cc2cc(NS(=O)(=O)c3ccoc3)ccc2NC1=O. The summed E-state index contributed by atoms with van der Waals surface area (Å²) in [7, 11) is -2.00. The van der Waals surface area contributed by atoms with Gasteiger partial charge in [-0.3, -0.25) is 4.72 Å². The van der Waals surface area contributed by atoms with Crippen LogP contribution in [0.25, 0.3) is 0 Å². The molecule has 0 saturated carbocycles. The van der Waals surface area contributed by atoms with Gasteiger partial charge in [-0.15, -0.1) is 0 Å². The fraction of sp³-hybridized carbons (Fsp3) is 0.154. The quantitative estimate of drug-likeness (QED) is 0.908. The number of nitrogens with one attached hydrogen (secondary N) is 2. The van der Waals surface area contributed by atoms with Crippen LogP contribution in [0.15, 0.2) is 46.1 Å². The van der Waals surface area contributed by atoms with E-state index in [-0.39, 0.29) is 10.9 Å². The van der Waals surface area contributed by atoms with Gasteiger partial charge in [0.1, 0.15) is 11.2 Å². The average molecular weight is 307 g/mol. The first-order valence-corrected chi connectivity index (χ1v) is 7.64. The van der Waals surface area contributed by atoms with Crippen molar-refractivity contribution in [2.45, 2.75) is 11.4 Å². The lowest BCUT2D eigenvalue weighted by Crippen LogP contribution is -2.35. The van der Waals surface area contributed by atoms with E-state index in [2.05, 4.69) is 10.0 Å². The first-order valence-electron chi connectivity index (χ1n) is 6.16. The third-order valence-corrected chi connectivity index (χ3v) is 4.52. The first kappa shape index (κ1) is 13.5. The van der Waals surface area contributed by atoms with Gasteiger partial charge in [-0.25, -0.2) is 13.2 Å². The summed E-state index contributed by atoms with van der Waals surface area (Å²) in [6.45, 7) is 0.419. The molecule has 0 fully saturated rings. The lowest BCUT2D eigenvalue weighted by atomic mass is 10.1. The van der Waals surface area contributed by atoms with Crippen molar-refractivity contribution in [3.63, 3.8) is 0 Å². The van der Waals surface area contributed by atoms with Crippen molar-refractivity contribution in [2.24, 2.45) is 0 Å². The van der Waals surface area contributed by atoms with Gasteiger partial charge in [0, 0.05) is 25.0 Å². The van der Waals surface area contributed by atoms with Crippen LogP contribution < -0.4 is 10.0 Å². The van der Waals surface area contributed by atoms with Crippen LogP contribution in [0.2, 0.25) is 0 Å². The smallest absolute Gasteiger partial charge is 0.321 e. The zero-order chi connectivity index (χ0) is 15.0. The second kappa shape index (κ2) is 4.81. The molecule has 110 valence electrons. The zero-order valence-corrected chi connectivity index (χ0v) is 12.0. The Hall–Kier alpha value is -2.48. The molecule has 0 bridgehead atoms. The van der Waals surface area contributed by atoms with E-state index in [9.17, 15) is 13.2 Å². The van der Waals surface area contributed by atoms with Crippen LogP contribution in [0.3, 0.4) is 0 Å². The highest BCUT2D eigenvalue weighted by Gasteiger charge is 2.21. The maximum Gasteiger partial charge on any atom is 0.321 e. The Morgan fingerprint density at radius 3 is 2.86 bits per heavy atom. The summed E-state index contributed by atoms with van der Waals surface area (Å²) in [5, 5.41) is 2.72. The van der Waals surface area contributed by atoms with E-state index < -0.39 is 10.0 Å². The van der Waals surface area contributed by atoms with E-state index >= 15 is 0 Å². The fourth-order valence-corrected chi connectivity index (χ4v) is 3.04. The van der Waals surface area contributed by atoms with Crippen LogP contribution >= 0.6 is 0 Å². The number of hydrogen-bond donors (Lipinski definition) is 2. The Balaban J connectivity index is 1.88. The van der Waals surface area contributed by atoms with Gasteiger partial charge in [-0.05, 0) is 29.8 Å². The topological polar surface area (TPSA) is 91.7 Å². The van der Waals surface area contributed by atoms with Crippen LogP contribution in [0.4, 0.5) is 16.2 Å². The van der Waals surface area contributed by atoms with Gasteiger partial charge >= 0.3 is 6.03 Å².